The van der Waals surface area contributed by atoms with Gasteiger partial charge < -0.3 is 10.1 Å². The second-order valence-electron chi connectivity index (χ2n) is 6.06. The van der Waals surface area contributed by atoms with Crippen molar-refractivity contribution in [1.29, 1.82) is 0 Å². The van der Waals surface area contributed by atoms with E-state index in [1.165, 1.54) is 5.56 Å². The highest BCUT2D eigenvalue weighted by atomic mass is 32.2. The number of nitrogens with one attached hydrogen (secondary N) is 1. The molecule has 24 heavy (non-hydrogen) atoms. The number of aryl methyl sites for hydroxylation is 1. The van der Waals surface area contributed by atoms with Crippen molar-refractivity contribution in [3.63, 3.8) is 0 Å². The molecule has 1 saturated heterocycles. The minimum atomic E-state index is -0.0707. The van der Waals surface area contributed by atoms with E-state index in [0.29, 0.717) is 5.75 Å². The normalized spacial score (nSPS) is 18.3. The summed E-state index contributed by atoms with van der Waals surface area (Å²) in [7, 11) is 0. The summed E-state index contributed by atoms with van der Waals surface area (Å²) in [5.41, 5.74) is 2.31. The molecule has 1 aliphatic rings. The van der Waals surface area contributed by atoms with Crippen LogP contribution in [-0.2, 0) is 9.53 Å². The average molecular weight is 341 g/mol. The highest BCUT2D eigenvalue weighted by Crippen LogP contribution is 2.27. The molecule has 3 nitrogen and oxygen atoms in total. The standard InChI is InChI=1S/C20H23NO2S/c1-15-8-5-6-12-18(15)24-14-19(22)21-20(17-11-7-13-23-17)16-9-3-2-4-10-16/h2-6,8-10,12,17,20H,7,11,13-14H2,1H3,(H,21,22). The van der Waals surface area contributed by atoms with E-state index < -0.39 is 0 Å². The Morgan fingerprint density at radius 2 is 1.96 bits per heavy atom. The molecule has 3 rings (SSSR count). The highest BCUT2D eigenvalue weighted by molar-refractivity contribution is 8.00. The van der Waals surface area contributed by atoms with E-state index in [9.17, 15) is 4.79 Å². The van der Waals surface area contributed by atoms with E-state index in [-0.39, 0.29) is 18.1 Å². The number of hydrogen-bond acceptors (Lipinski definition) is 3. The molecule has 0 bridgehead atoms. The van der Waals surface area contributed by atoms with E-state index in [4.69, 9.17) is 4.74 Å². The quantitative estimate of drug-likeness (QED) is 0.803. The second kappa shape index (κ2) is 8.36. The fourth-order valence-electron chi connectivity index (χ4n) is 2.99. The number of rotatable bonds is 6. The number of hydrogen-bond donors (Lipinski definition) is 1. The molecule has 2 aromatic rings. The summed E-state index contributed by atoms with van der Waals surface area (Å²) < 4.78 is 5.83. The topological polar surface area (TPSA) is 38.3 Å². The van der Waals surface area contributed by atoms with E-state index in [2.05, 4.69) is 36.5 Å². The highest BCUT2D eigenvalue weighted by Gasteiger charge is 2.28. The first-order chi connectivity index (χ1) is 11.7. The summed E-state index contributed by atoms with van der Waals surface area (Å²) in [6.07, 6.45) is 2.12. The number of carbonyl (C=O) groups excluding carboxylic acids is 1. The summed E-state index contributed by atoms with van der Waals surface area (Å²) in [5.74, 6) is 0.466. The molecular formula is C20H23NO2S. The van der Waals surface area contributed by atoms with Crippen LogP contribution in [0.2, 0.25) is 0 Å². The van der Waals surface area contributed by atoms with Gasteiger partial charge >= 0.3 is 0 Å². The molecule has 1 heterocycles. The molecule has 4 heteroatoms. The van der Waals surface area contributed by atoms with Crippen LogP contribution >= 0.6 is 11.8 Å². The van der Waals surface area contributed by atoms with Crippen LogP contribution in [0.5, 0.6) is 0 Å². The van der Waals surface area contributed by atoms with Gasteiger partial charge in [0.2, 0.25) is 5.91 Å². The van der Waals surface area contributed by atoms with E-state index in [0.717, 1.165) is 29.9 Å². The number of carbonyl (C=O) groups is 1. The van der Waals surface area contributed by atoms with Gasteiger partial charge in [-0.05, 0) is 37.0 Å². The van der Waals surface area contributed by atoms with Gasteiger partial charge in [0.25, 0.3) is 0 Å². The SMILES string of the molecule is Cc1ccccc1SCC(=O)NC(c1ccccc1)C1CCCO1. The molecule has 0 aromatic heterocycles. The third kappa shape index (κ3) is 4.40. The molecule has 1 fully saturated rings. The Bertz CT molecular complexity index is 668. The van der Waals surface area contributed by atoms with E-state index >= 15 is 0 Å². The monoisotopic (exact) mass is 341 g/mol. The Kier molecular flexibility index (Phi) is 5.94. The molecule has 0 radical (unpaired) electrons. The molecule has 126 valence electrons. The predicted octanol–water partition coefficient (Wildman–Crippen LogP) is 4.12. The fourth-order valence-corrected chi connectivity index (χ4v) is 3.83. The van der Waals surface area contributed by atoms with Crippen LogP contribution < -0.4 is 5.32 Å². The van der Waals surface area contributed by atoms with Crippen LogP contribution in [0, 0.1) is 6.92 Å². The van der Waals surface area contributed by atoms with Crippen LogP contribution in [0.3, 0.4) is 0 Å². The van der Waals surface area contributed by atoms with Crippen molar-refractivity contribution in [2.45, 2.75) is 36.8 Å². The molecule has 0 saturated carbocycles. The first-order valence-electron chi connectivity index (χ1n) is 8.38. The molecule has 2 aromatic carbocycles. The number of benzene rings is 2. The van der Waals surface area contributed by atoms with E-state index in [1.807, 2.05) is 30.3 Å². The lowest BCUT2D eigenvalue weighted by Crippen LogP contribution is -2.37. The number of amides is 1. The van der Waals surface area contributed by atoms with Crippen molar-refractivity contribution in [2.24, 2.45) is 0 Å². The van der Waals surface area contributed by atoms with Gasteiger partial charge in [0.05, 0.1) is 17.9 Å². The molecule has 1 N–H and O–H groups in total. The zero-order chi connectivity index (χ0) is 16.8. The van der Waals surface area contributed by atoms with Gasteiger partial charge in [0, 0.05) is 11.5 Å². The van der Waals surface area contributed by atoms with Gasteiger partial charge in [0.15, 0.2) is 0 Å². The first kappa shape index (κ1) is 17.1. The lowest BCUT2D eigenvalue weighted by atomic mass is 9.99. The summed E-state index contributed by atoms with van der Waals surface area (Å²) in [4.78, 5) is 13.6. The van der Waals surface area contributed by atoms with Gasteiger partial charge in [-0.25, -0.2) is 0 Å². The Balaban J connectivity index is 1.64. The molecule has 1 amide bonds. The van der Waals surface area contributed by atoms with Crippen LogP contribution in [0.4, 0.5) is 0 Å². The summed E-state index contributed by atoms with van der Waals surface area (Å²) in [5, 5.41) is 3.18. The lowest BCUT2D eigenvalue weighted by Gasteiger charge is -2.24. The summed E-state index contributed by atoms with van der Waals surface area (Å²) in [6.45, 7) is 2.85. The minimum absolute atomic E-state index is 0.0487. The third-order valence-electron chi connectivity index (χ3n) is 4.26. The summed E-state index contributed by atoms with van der Waals surface area (Å²) in [6, 6.07) is 18.2. The maximum absolute atomic E-state index is 12.5. The van der Waals surface area contributed by atoms with Crippen molar-refractivity contribution >= 4 is 17.7 Å². The maximum Gasteiger partial charge on any atom is 0.230 e. The summed E-state index contributed by atoms with van der Waals surface area (Å²) >= 11 is 1.58. The van der Waals surface area contributed by atoms with Gasteiger partial charge in [-0.2, -0.15) is 0 Å². The Hall–Kier alpha value is -1.78. The largest absolute Gasteiger partial charge is 0.376 e. The second-order valence-corrected chi connectivity index (χ2v) is 7.08. The zero-order valence-electron chi connectivity index (χ0n) is 13.9. The van der Waals surface area contributed by atoms with Crippen LogP contribution in [0.25, 0.3) is 0 Å². The molecule has 0 spiro atoms. The van der Waals surface area contributed by atoms with Gasteiger partial charge in [-0.3, -0.25) is 4.79 Å². The van der Waals surface area contributed by atoms with Crippen LogP contribution in [-0.4, -0.2) is 24.4 Å². The Morgan fingerprint density at radius 3 is 2.67 bits per heavy atom. The third-order valence-corrected chi connectivity index (χ3v) is 5.44. The van der Waals surface area contributed by atoms with Crippen molar-refractivity contribution < 1.29 is 9.53 Å². The van der Waals surface area contributed by atoms with Crippen molar-refractivity contribution in [3.05, 3.63) is 65.7 Å². The number of thioether (sulfide) groups is 1. The van der Waals surface area contributed by atoms with Gasteiger partial charge in [0.1, 0.15) is 0 Å². The fraction of sp³-hybridized carbons (Fsp3) is 0.350. The molecule has 0 aliphatic carbocycles. The van der Waals surface area contributed by atoms with Crippen LogP contribution in [0.1, 0.15) is 30.0 Å². The molecule has 1 aliphatic heterocycles. The smallest absolute Gasteiger partial charge is 0.230 e. The predicted molar refractivity (Wildman–Crippen MR) is 98.2 cm³/mol. The lowest BCUT2D eigenvalue weighted by molar-refractivity contribution is -0.120. The van der Waals surface area contributed by atoms with Crippen molar-refractivity contribution in [1.82, 2.24) is 5.32 Å². The van der Waals surface area contributed by atoms with Crippen molar-refractivity contribution in [3.8, 4) is 0 Å². The Labute approximate surface area is 147 Å². The minimum Gasteiger partial charge on any atom is -0.376 e. The Morgan fingerprint density at radius 1 is 1.21 bits per heavy atom. The van der Waals surface area contributed by atoms with E-state index in [1.54, 1.807) is 11.8 Å². The van der Waals surface area contributed by atoms with Crippen molar-refractivity contribution in [2.75, 3.05) is 12.4 Å². The zero-order valence-corrected chi connectivity index (χ0v) is 14.7. The van der Waals surface area contributed by atoms with Gasteiger partial charge in [-0.1, -0.05) is 48.5 Å². The van der Waals surface area contributed by atoms with Gasteiger partial charge in [-0.15, -0.1) is 11.8 Å². The molecule has 2 atom stereocenters. The first-order valence-corrected chi connectivity index (χ1v) is 9.37. The number of ether oxygens (including phenoxy) is 1. The van der Waals surface area contributed by atoms with Crippen LogP contribution in [0.15, 0.2) is 59.5 Å². The maximum atomic E-state index is 12.5. The average Bonchev–Trinajstić information content (AvgIpc) is 3.14. The molecule has 2 unspecified atom stereocenters. The molecular weight excluding hydrogens is 318 g/mol.